The van der Waals surface area contributed by atoms with Crippen molar-refractivity contribution in [1.82, 2.24) is 15.3 Å². The van der Waals surface area contributed by atoms with Gasteiger partial charge >= 0.3 is 0 Å². The van der Waals surface area contributed by atoms with Crippen molar-refractivity contribution in [3.63, 3.8) is 0 Å². The molecule has 1 atom stereocenters. The second kappa shape index (κ2) is 8.61. The van der Waals surface area contributed by atoms with Crippen molar-refractivity contribution in [2.75, 3.05) is 12.3 Å². The quantitative estimate of drug-likeness (QED) is 0.303. The maximum absolute atomic E-state index is 12.7. The third kappa shape index (κ3) is 4.22. The van der Waals surface area contributed by atoms with E-state index in [1.807, 2.05) is 41.6 Å². The number of hydrogen-bond acceptors (Lipinski definition) is 6. The van der Waals surface area contributed by atoms with Crippen molar-refractivity contribution in [1.29, 1.82) is 0 Å². The Hall–Kier alpha value is -1.93. The molecule has 0 amide bonds. The van der Waals surface area contributed by atoms with Crippen molar-refractivity contribution < 1.29 is 0 Å². The number of aryl methyl sites for hydroxylation is 1. The molecule has 4 nitrogen and oxygen atoms in total. The molecule has 2 N–H and O–H groups in total. The molecule has 0 radical (unpaired) electrons. The van der Waals surface area contributed by atoms with Crippen LogP contribution in [0.2, 0.25) is 0 Å². The lowest BCUT2D eigenvalue weighted by atomic mass is 10.2. The first-order chi connectivity index (χ1) is 13.6. The second-order valence-corrected chi connectivity index (χ2v) is 9.57. The molecule has 4 rings (SSSR count). The first-order valence-electron chi connectivity index (χ1n) is 9.10. The number of thiophene rings is 2. The molecular weight excluding hydrogens is 406 g/mol. The zero-order chi connectivity index (χ0) is 19.5. The van der Waals surface area contributed by atoms with Crippen LogP contribution in [0.1, 0.15) is 24.4 Å². The van der Waals surface area contributed by atoms with Crippen LogP contribution >= 0.6 is 34.4 Å². The maximum Gasteiger partial charge on any atom is 0.260 e. The molecule has 28 heavy (non-hydrogen) atoms. The van der Waals surface area contributed by atoms with E-state index in [1.165, 1.54) is 21.8 Å². The van der Waals surface area contributed by atoms with Gasteiger partial charge in [-0.3, -0.25) is 4.79 Å². The maximum atomic E-state index is 12.7. The number of benzene rings is 1. The Morgan fingerprint density at radius 3 is 2.79 bits per heavy atom. The average molecular weight is 428 g/mol. The van der Waals surface area contributed by atoms with Crippen LogP contribution in [0.25, 0.3) is 20.7 Å². The van der Waals surface area contributed by atoms with Crippen LogP contribution in [-0.2, 0) is 0 Å². The normalized spacial score (nSPS) is 12.5. The number of thioether (sulfide) groups is 1. The predicted molar refractivity (Wildman–Crippen MR) is 122 cm³/mol. The molecule has 1 aromatic carbocycles. The molecule has 3 aromatic heterocycles. The fourth-order valence-corrected chi connectivity index (χ4v) is 5.51. The van der Waals surface area contributed by atoms with Gasteiger partial charge in [0, 0.05) is 33.0 Å². The van der Waals surface area contributed by atoms with Gasteiger partial charge in [0.15, 0.2) is 0 Å². The smallest absolute Gasteiger partial charge is 0.260 e. The number of rotatable bonds is 7. The molecule has 0 aliphatic rings. The summed E-state index contributed by atoms with van der Waals surface area (Å²) in [6.07, 6.45) is 0. The molecule has 4 aromatic rings. The van der Waals surface area contributed by atoms with Gasteiger partial charge in [0.25, 0.3) is 5.56 Å². The minimum atomic E-state index is -0.0627. The standard InChI is InChI=1S/C21H21N3OS3/c1-13-5-7-15(8-6-13)26-11-9-22-14(2)19-23-20(25)18-16(12-28-21(18)24-19)17-4-3-10-27-17/h3-8,10,12,14,22H,9,11H2,1-2H3,(H,23,24,25). The van der Waals surface area contributed by atoms with Crippen LogP contribution in [0, 0.1) is 6.92 Å². The molecule has 0 aliphatic heterocycles. The molecule has 0 bridgehead atoms. The summed E-state index contributed by atoms with van der Waals surface area (Å²) in [6, 6.07) is 12.6. The highest BCUT2D eigenvalue weighted by molar-refractivity contribution is 7.99. The summed E-state index contributed by atoms with van der Waals surface area (Å²) in [7, 11) is 0. The Morgan fingerprint density at radius 1 is 1.21 bits per heavy atom. The minimum absolute atomic E-state index is 0.0111. The highest BCUT2D eigenvalue weighted by Gasteiger charge is 2.16. The molecule has 0 saturated heterocycles. The number of fused-ring (bicyclic) bond motifs is 1. The van der Waals surface area contributed by atoms with Crippen molar-refractivity contribution in [3.8, 4) is 10.4 Å². The van der Waals surface area contributed by atoms with Gasteiger partial charge in [-0.25, -0.2) is 4.98 Å². The first-order valence-corrected chi connectivity index (χ1v) is 11.8. The molecule has 3 heterocycles. The Kier molecular flexibility index (Phi) is 5.96. The van der Waals surface area contributed by atoms with Gasteiger partial charge < -0.3 is 10.3 Å². The Morgan fingerprint density at radius 2 is 2.04 bits per heavy atom. The van der Waals surface area contributed by atoms with E-state index < -0.39 is 0 Å². The molecule has 7 heteroatoms. The Bertz CT molecular complexity index is 1110. The van der Waals surface area contributed by atoms with Gasteiger partial charge in [-0.1, -0.05) is 23.8 Å². The molecule has 0 spiro atoms. The SMILES string of the molecule is Cc1ccc(SCCNC(C)c2nc3scc(-c4cccs4)c3c(=O)[nH]2)cc1. The zero-order valence-electron chi connectivity index (χ0n) is 15.7. The van der Waals surface area contributed by atoms with Crippen molar-refractivity contribution in [2.45, 2.75) is 24.8 Å². The van der Waals surface area contributed by atoms with Crippen LogP contribution in [0.3, 0.4) is 0 Å². The second-order valence-electron chi connectivity index (χ2n) is 6.60. The largest absolute Gasteiger partial charge is 0.309 e. The van der Waals surface area contributed by atoms with E-state index in [2.05, 4.69) is 41.5 Å². The van der Waals surface area contributed by atoms with E-state index in [4.69, 9.17) is 4.98 Å². The van der Waals surface area contributed by atoms with Crippen LogP contribution in [-0.4, -0.2) is 22.3 Å². The lowest BCUT2D eigenvalue weighted by Gasteiger charge is -2.13. The molecule has 144 valence electrons. The summed E-state index contributed by atoms with van der Waals surface area (Å²) in [5.74, 6) is 1.65. The van der Waals surface area contributed by atoms with Gasteiger partial charge in [0.05, 0.1) is 11.4 Å². The third-order valence-electron chi connectivity index (χ3n) is 4.50. The van der Waals surface area contributed by atoms with Crippen LogP contribution < -0.4 is 10.9 Å². The summed E-state index contributed by atoms with van der Waals surface area (Å²) in [6.45, 7) is 4.97. The fourth-order valence-electron chi connectivity index (χ4n) is 2.96. The summed E-state index contributed by atoms with van der Waals surface area (Å²) in [4.78, 5) is 23.6. The zero-order valence-corrected chi connectivity index (χ0v) is 18.1. The lowest BCUT2D eigenvalue weighted by Crippen LogP contribution is -2.25. The van der Waals surface area contributed by atoms with E-state index in [9.17, 15) is 4.79 Å². The van der Waals surface area contributed by atoms with Crippen molar-refractivity contribution >= 4 is 44.7 Å². The number of H-pyrrole nitrogens is 1. The molecule has 1 unspecified atom stereocenters. The summed E-state index contributed by atoms with van der Waals surface area (Å²) < 4.78 is 0. The minimum Gasteiger partial charge on any atom is -0.309 e. The Balaban J connectivity index is 1.42. The lowest BCUT2D eigenvalue weighted by molar-refractivity contribution is 0.570. The number of nitrogens with zero attached hydrogens (tertiary/aromatic N) is 1. The highest BCUT2D eigenvalue weighted by atomic mass is 32.2. The summed E-state index contributed by atoms with van der Waals surface area (Å²) in [5, 5.41) is 8.20. The first kappa shape index (κ1) is 19.4. The van der Waals surface area contributed by atoms with Gasteiger partial charge in [-0.05, 0) is 37.4 Å². The highest BCUT2D eigenvalue weighted by Crippen LogP contribution is 2.33. The van der Waals surface area contributed by atoms with Crippen LogP contribution in [0.15, 0.2) is 56.8 Å². The predicted octanol–water partition coefficient (Wildman–Crippen LogP) is 5.46. The van der Waals surface area contributed by atoms with E-state index >= 15 is 0 Å². The topological polar surface area (TPSA) is 57.8 Å². The van der Waals surface area contributed by atoms with E-state index in [0.717, 1.165) is 27.6 Å². The van der Waals surface area contributed by atoms with Gasteiger partial charge in [0.1, 0.15) is 10.7 Å². The van der Waals surface area contributed by atoms with E-state index in [1.54, 1.807) is 11.3 Å². The van der Waals surface area contributed by atoms with Gasteiger partial charge in [0.2, 0.25) is 0 Å². The number of aromatic nitrogens is 2. The van der Waals surface area contributed by atoms with Crippen molar-refractivity contribution in [2.24, 2.45) is 0 Å². The fraction of sp³-hybridized carbons (Fsp3) is 0.238. The third-order valence-corrected chi connectivity index (χ3v) is 7.29. The Labute approximate surface area is 176 Å². The van der Waals surface area contributed by atoms with E-state index in [0.29, 0.717) is 11.2 Å². The van der Waals surface area contributed by atoms with Crippen LogP contribution in [0.4, 0.5) is 0 Å². The summed E-state index contributed by atoms with van der Waals surface area (Å²) >= 11 is 4.99. The average Bonchev–Trinajstić information content (AvgIpc) is 3.36. The van der Waals surface area contributed by atoms with E-state index in [-0.39, 0.29) is 11.6 Å². The molecule has 0 fully saturated rings. The van der Waals surface area contributed by atoms with Gasteiger partial charge in [-0.2, -0.15) is 0 Å². The molecular formula is C21H21N3OS3. The monoisotopic (exact) mass is 427 g/mol. The van der Waals surface area contributed by atoms with Crippen molar-refractivity contribution in [3.05, 3.63) is 68.9 Å². The number of nitrogens with one attached hydrogen (secondary N) is 2. The molecule has 0 saturated carbocycles. The van der Waals surface area contributed by atoms with Gasteiger partial charge in [-0.15, -0.1) is 34.4 Å². The number of aromatic amines is 1. The molecule has 0 aliphatic carbocycles. The number of hydrogen-bond donors (Lipinski definition) is 2. The summed E-state index contributed by atoms with van der Waals surface area (Å²) in [5.41, 5.74) is 2.19. The van der Waals surface area contributed by atoms with Crippen LogP contribution in [0.5, 0.6) is 0 Å².